The summed E-state index contributed by atoms with van der Waals surface area (Å²) >= 11 is 0. The summed E-state index contributed by atoms with van der Waals surface area (Å²) < 4.78 is 45.0. The minimum absolute atomic E-state index is 0.0710. The maximum atomic E-state index is 13.1. The molecule has 196 valence electrons. The zero-order valence-electron chi connectivity index (χ0n) is 20.1. The van der Waals surface area contributed by atoms with Crippen LogP contribution >= 0.6 is 7.60 Å². The van der Waals surface area contributed by atoms with Gasteiger partial charge in [0.25, 0.3) is 0 Å². The van der Waals surface area contributed by atoms with E-state index in [0.717, 1.165) is 0 Å². The van der Waals surface area contributed by atoms with Crippen molar-refractivity contribution >= 4 is 36.8 Å². The number of carbonyl (C=O) groups excluding carboxylic acids is 2. The average Bonchev–Trinajstić information content (AvgIpc) is 3.21. The predicted octanol–water partition coefficient (Wildman–Crippen LogP) is 2.56. The Labute approximate surface area is 202 Å². The van der Waals surface area contributed by atoms with Gasteiger partial charge in [0.1, 0.15) is 18.2 Å². The summed E-state index contributed by atoms with van der Waals surface area (Å²) in [6.45, 7) is 6.68. The Bertz CT molecular complexity index is 1010. The SMILES string of the molecule is CCN(CC)C(=O)OCOP(=O)(COCCn1cnc2c(N)ncnc21)OCOC(=O)OC(C)C. The van der Waals surface area contributed by atoms with Crippen LogP contribution in [0, 0.1) is 0 Å². The van der Waals surface area contributed by atoms with Gasteiger partial charge in [0.05, 0.1) is 19.0 Å². The quantitative estimate of drug-likeness (QED) is 0.167. The fourth-order valence-corrected chi connectivity index (χ4v) is 3.63. The summed E-state index contributed by atoms with van der Waals surface area (Å²) in [5, 5.41) is 0. The van der Waals surface area contributed by atoms with E-state index in [1.165, 1.54) is 17.6 Å². The molecule has 35 heavy (non-hydrogen) atoms. The molecular formula is C19H31N6O9P. The summed E-state index contributed by atoms with van der Waals surface area (Å²) in [4.78, 5) is 37.0. The number of rotatable bonds is 14. The zero-order valence-corrected chi connectivity index (χ0v) is 21.0. The molecule has 2 rings (SSSR count). The fraction of sp³-hybridized carbons (Fsp3) is 0.632. The molecule has 0 aromatic carbocycles. The Balaban J connectivity index is 1.91. The molecule has 0 aliphatic heterocycles. The number of hydrogen-bond acceptors (Lipinski definition) is 13. The average molecular weight is 518 g/mol. The van der Waals surface area contributed by atoms with Gasteiger partial charge in [-0.3, -0.25) is 13.6 Å². The van der Waals surface area contributed by atoms with Crippen LogP contribution in [0.25, 0.3) is 11.2 Å². The van der Waals surface area contributed by atoms with Gasteiger partial charge in [-0.05, 0) is 27.7 Å². The topological polar surface area (TPSA) is 179 Å². The molecule has 15 nitrogen and oxygen atoms in total. The number of fused-ring (bicyclic) bond motifs is 1. The van der Waals surface area contributed by atoms with Crippen molar-refractivity contribution in [2.75, 3.05) is 45.4 Å². The minimum Gasteiger partial charge on any atom is -0.432 e. The second kappa shape index (κ2) is 13.8. The van der Waals surface area contributed by atoms with Crippen molar-refractivity contribution in [1.82, 2.24) is 24.4 Å². The molecule has 0 bridgehead atoms. The molecule has 16 heteroatoms. The minimum atomic E-state index is -4.00. The summed E-state index contributed by atoms with van der Waals surface area (Å²) in [6.07, 6.45) is 0.264. The molecule has 0 saturated carbocycles. The Morgan fingerprint density at radius 3 is 2.46 bits per heavy atom. The van der Waals surface area contributed by atoms with Gasteiger partial charge in [-0.2, -0.15) is 0 Å². The van der Waals surface area contributed by atoms with Crippen LogP contribution in [0.2, 0.25) is 0 Å². The molecule has 2 N–H and O–H groups in total. The van der Waals surface area contributed by atoms with Crippen LogP contribution < -0.4 is 5.73 Å². The number of carbonyl (C=O) groups is 2. The smallest absolute Gasteiger partial charge is 0.432 e. The number of imidazole rings is 1. The molecule has 0 saturated heterocycles. The van der Waals surface area contributed by atoms with E-state index in [9.17, 15) is 14.2 Å². The molecule has 0 aliphatic carbocycles. The van der Waals surface area contributed by atoms with E-state index in [-0.39, 0.29) is 12.4 Å². The second-order valence-corrected chi connectivity index (χ2v) is 9.15. The van der Waals surface area contributed by atoms with E-state index in [1.54, 1.807) is 32.3 Å². The number of nitrogens with zero attached hydrogens (tertiary/aromatic N) is 5. The first-order valence-corrected chi connectivity index (χ1v) is 12.5. The zero-order chi connectivity index (χ0) is 25.8. The lowest BCUT2D eigenvalue weighted by atomic mass is 10.5. The molecule has 0 aliphatic rings. The third-order valence-electron chi connectivity index (χ3n) is 4.37. The summed E-state index contributed by atoms with van der Waals surface area (Å²) in [5.41, 5.74) is 6.73. The van der Waals surface area contributed by atoms with Crippen molar-refractivity contribution in [1.29, 1.82) is 0 Å². The summed E-state index contributed by atoms with van der Waals surface area (Å²) in [7, 11) is -4.00. The van der Waals surface area contributed by atoms with Crippen LogP contribution in [0.1, 0.15) is 27.7 Å². The van der Waals surface area contributed by atoms with Gasteiger partial charge >= 0.3 is 19.8 Å². The number of hydrogen-bond donors (Lipinski definition) is 1. The van der Waals surface area contributed by atoms with Gasteiger partial charge in [-0.25, -0.2) is 24.5 Å². The second-order valence-electron chi connectivity index (χ2n) is 7.15. The lowest BCUT2D eigenvalue weighted by molar-refractivity contribution is -0.0254. The van der Waals surface area contributed by atoms with Crippen LogP contribution in [0.3, 0.4) is 0 Å². The number of amides is 1. The summed E-state index contributed by atoms with van der Waals surface area (Å²) in [6, 6.07) is 0. The van der Waals surface area contributed by atoms with E-state index in [2.05, 4.69) is 15.0 Å². The van der Waals surface area contributed by atoms with Crippen molar-refractivity contribution < 1.29 is 42.1 Å². The molecular weight excluding hydrogens is 487 g/mol. The number of nitrogens with two attached hydrogens (primary N) is 1. The highest BCUT2D eigenvalue weighted by Crippen LogP contribution is 2.48. The van der Waals surface area contributed by atoms with Crippen molar-refractivity contribution in [2.24, 2.45) is 0 Å². The van der Waals surface area contributed by atoms with Crippen LogP contribution in [0.5, 0.6) is 0 Å². The summed E-state index contributed by atoms with van der Waals surface area (Å²) in [5.74, 6) is 0.247. The third kappa shape index (κ3) is 8.94. The lowest BCUT2D eigenvalue weighted by Gasteiger charge is -2.21. The van der Waals surface area contributed by atoms with Crippen molar-refractivity contribution in [3.8, 4) is 0 Å². The van der Waals surface area contributed by atoms with Gasteiger partial charge in [-0.1, -0.05) is 0 Å². The highest BCUT2D eigenvalue weighted by atomic mass is 31.2. The van der Waals surface area contributed by atoms with Gasteiger partial charge in [-0.15, -0.1) is 0 Å². The van der Waals surface area contributed by atoms with Gasteiger partial charge in [0.15, 0.2) is 11.5 Å². The standard InChI is InChI=1S/C19H31N6O9P/c1-5-24(6-2)18(26)30-11-32-35(28,33-12-31-19(27)34-14(3)4)13-29-8-7-25-10-23-15-16(20)21-9-22-17(15)25/h9-10,14H,5-8,11-13H2,1-4H3,(H2,20,21,22). The Hall–Kier alpha value is -3.00. The molecule has 0 radical (unpaired) electrons. The van der Waals surface area contributed by atoms with Gasteiger partial charge in [0.2, 0.25) is 13.6 Å². The van der Waals surface area contributed by atoms with Crippen molar-refractivity contribution in [3.63, 3.8) is 0 Å². The molecule has 2 heterocycles. The van der Waals surface area contributed by atoms with E-state index in [1.807, 2.05) is 0 Å². The van der Waals surface area contributed by atoms with E-state index < -0.39 is 45.9 Å². The number of nitrogen functional groups attached to an aromatic ring is 1. The molecule has 0 fully saturated rings. The van der Waals surface area contributed by atoms with Crippen molar-refractivity contribution in [2.45, 2.75) is 40.3 Å². The van der Waals surface area contributed by atoms with Gasteiger partial charge < -0.3 is 34.1 Å². The number of anilines is 1. The molecule has 2 aromatic rings. The maximum Gasteiger partial charge on any atom is 0.510 e. The first-order valence-electron chi connectivity index (χ1n) is 10.8. The van der Waals surface area contributed by atoms with Crippen LogP contribution in [0.15, 0.2) is 12.7 Å². The fourth-order valence-electron chi connectivity index (χ4n) is 2.62. The van der Waals surface area contributed by atoms with Crippen molar-refractivity contribution in [3.05, 3.63) is 12.7 Å². The maximum absolute atomic E-state index is 13.1. The van der Waals surface area contributed by atoms with E-state index >= 15 is 0 Å². The van der Waals surface area contributed by atoms with Crippen LogP contribution in [-0.2, 0) is 39.1 Å². The Morgan fingerprint density at radius 1 is 1.11 bits per heavy atom. The molecule has 0 spiro atoms. The van der Waals surface area contributed by atoms with Crippen LogP contribution in [0.4, 0.5) is 15.4 Å². The molecule has 1 atom stereocenters. The predicted molar refractivity (Wildman–Crippen MR) is 122 cm³/mol. The molecule has 2 aromatic heterocycles. The first-order chi connectivity index (χ1) is 16.7. The van der Waals surface area contributed by atoms with E-state index in [4.69, 9.17) is 33.7 Å². The monoisotopic (exact) mass is 518 g/mol. The molecule has 1 amide bonds. The lowest BCUT2D eigenvalue weighted by Crippen LogP contribution is -2.31. The van der Waals surface area contributed by atoms with Crippen LogP contribution in [-0.4, -0.2) is 82.4 Å². The highest BCUT2D eigenvalue weighted by molar-refractivity contribution is 7.53. The Kier molecular flexibility index (Phi) is 11.1. The largest absolute Gasteiger partial charge is 0.510 e. The Morgan fingerprint density at radius 2 is 1.80 bits per heavy atom. The van der Waals surface area contributed by atoms with Gasteiger partial charge in [0, 0.05) is 19.6 Å². The molecule has 1 unspecified atom stereocenters. The third-order valence-corrected chi connectivity index (χ3v) is 5.86. The normalized spacial score (nSPS) is 12.9. The number of ether oxygens (including phenoxy) is 4. The first kappa shape index (κ1) is 28.2. The highest BCUT2D eigenvalue weighted by Gasteiger charge is 2.28. The van der Waals surface area contributed by atoms with E-state index in [0.29, 0.717) is 30.8 Å². The number of aromatic nitrogens is 4.